The van der Waals surface area contributed by atoms with Crippen molar-refractivity contribution in [3.05, 3.63) is 107 Å². The molecule has 39 heavy (non-hydrogen) atoms. The third-order valence-corrected chi connectivity index (χ3v) is 6.48. The van der Waals surface area contributed by atoms with Crippen LogP contribution in [-0.4, -0.2) is 39.2 Å². The summed E-state index contributed by atoms with van der Waals surface area (Å²) in [5.41, 5.74) is 2.36. The van der Waals surface area contributed by atoms with Gasteiger partial charge in [-0.25, -0.2) is 4.79 Å². The molecule has 1 unspecified atom stereocenters. The number of ether oxygens (including phenoxy) is 7. The topological polar surface area (TPSA) is 102 Å². The molecule has 0 saturated heterocycles. The van der Waals surface area contributed by atoms with Crippen molar-refractivity contribution < 1.29 is 43.1 Å². The summed E-state index contributed by atoms with van der Waals surface area (Å²) in [5, 5.41) is 11.8. The lowest BCUT2D eigenvalue weighted by atomic mass is 9.89. The fourth-order valence-corrected chi connectivity index (χ4v) is 4.55. The molecule has 0 amide bonds. The highest BCUT2D eigenvalue weighted by atomic mass is 16.7. The van der Waals surface area contributed by atoms with Crippen molar-refractivity contribution in [1.29, 1.82) is 0 Å². The highest BCUT2D eigenvalue weighted by molar-refractivity contribution is 5.97. The molecule has 0 saturated carbocycles. The van der Waals surface area contributed by atoms with Crippen molar-refractivity contribution in [3.63, 3.8) is 0 Å². The number of benzene rings is 3. The molecular weight excluding hydrogens is 504 g/mol. The molecule has 2 heterocycles. The van der Waals surface area contributed by atoms with Crippen molar-refractivity contribution in [2.75, 3.05) is 28.1 Å². The minimum Gasteiger partial charge on any atom is -0.497 e. The summed E-state index contributed by atoms with van der Waals surface area (Å²) in [4.78, 5) is 13.1. The summed E-state index contributed by atoms with van der Waals surface area (Å²) < 4.78 is 38.8. The number of cyclic esters (lactones) is 1. The molecule has 2 aliphatic rings. The normalized spacial score (nSPS) is 18.2. The molecule has 1 N–H and O–H groups in total. The zero-order chi connectivity index (χ0) is 27.4. The van der Waals surface area contributed by atoms with Crippen LogP contribution in [0.5, 0.6) is 23.0 Å². The summed E-state index contributed by atoms with van der Waals surface area (Å²) in [5.74, 6) is -0.738. The van der Waals surface area contributed by atoms with Gasteiger partial charge in [-0.2, -0.15) is 0 Å². The first-order valence-corrected chi connectivity index (χ1v) is 12.2. The lowest BCUT2D eigenvalue weighted by Gasteiger charge is -2.26. The molecule has 2 aliphatic heterocycles. The van der Waals surface area contributed by atoms with Crippen molar-refractivity contribution in [3.8, 4) is 23.0 Å². The zero-order valence-corrected chi connectivity index (χ0v) is 21.8. The van der Waals surface area contributed by atoms with Gasteiger partial charge >= 0.3 is 5.97 Å². The van der Waals surface area contributed by atoms with E-state index in [-0.39, 0.29) is 30.1 Å². The van der Waals surface area contributed by atoms with Crippen LogP contribution in [0, 0.1) is 0 Å². The predicted octanol–water partition coefficient (Wildman–Crippen LogP) is 4.38. The van der Waals surface area contributed by atoms with Crippen LogP contribution < -0.4 is 18.9 Å². The van der Waals surface area contributed by atoms with Crippen LogP contribution in [0.2, 0.25) is 0 Å². The third-order valence-electron chi connectivity index (χ3n) is 6.48. The molecule has 9 nitrogen and oxygen atoms in total. The lowest BCUT2D eigenvalue weighted by Crippen LogP contribution is -2.29. The van der Waals surface area contributed by atoms with Crippen LogP contribution in [0.3, 0.4) is 0 Å². The quantitative estimate of drug-likeness (QED) is 0.381. The Bertz CT molecular complexity index is 1410. The summed E-state index contributed by atoms with van der Waals surface area (Å²) in [6, 6.07) is 19.9. The number of carbonyl (C=O) groups is 1. The lowest BCUT2D eigenvalue weighted by molar-refractivity contribution is -0.186. The molecule has 0 fully saturated rings. The highest BCUT2D eigenvalue weighted by Gasteiger charge is 2.49. The van der Waals surface area contributed by atoms with Crippen LogP contribution in [0.1, 0.15) is 16.7 Å². The Morgan fingerprint density at radius 2 is 1.64 bits per heavy atom. The number of hydrogen-bond acceptors (Lipinski definition) is 9. The summed E-state index contributed by atoms with van der Waals surface area (Å²) in [6.07, 6.45) is 1.42. The first kappa shape index (κ1) is 26.0. The van der Waals surface area contributed by atoms with Gasteiger partial charge in [-0.3, -0.25) is 0 Å². The summed E-state index contributed by atoms with van der Waals surface area (Å²) in [7, 11) is 4.60. The maximum atomic E-state index is 13.1. The Hall–Kier alpha value is -4.63. The predicted molar refractivity (Wildman–Crippen MR) is 139 cm³/mol. The number of rotatable bonds is 10. The second kappa shape index (κ2) is 11.0. The van der Waals surface area contributed by atoms with Gasteiger partial charge in [0.05, 0.1) is 21.3 Å². The van der Waals surface area contributed by atoms with Crippen molar-refractivity contribution in [2.45, 2.75) is 18.8 Å². The Labute approximate surface area is 225 Å². The van der Waals surface area contributed by atoms with Gasteiger partial charge in [-0.05, 0) is 47.5 Å². The van der Waals surface area contributed by atoms with Gasteiger partial charge in [0.15, 0.2) is 17.3 Å². The second-order valence-electron chi connectivity index (χ2n) is 8.81. The van der Waals surface area contributed by atoms with E-state index in [0.717, 1.165) is 5.56 Å². The monoisotopic (exact) mass is 532 g/mol. The van der Waals surface area contributed by atoms with Gasteiger partial charge in [0.1, 0.15) is 24.2 Å². The highest BCUT2D eigenvalue weighted by Crippen LogP contribution is 2.46. The van der Waals surface area contributed by atoms with E-state index in [4.69, 9.17) is 33.2 Å². The van der Waals surface area contributed by atoms with Crippen LogP contribution in [0.4, 0.5) is 0 Å². The smallest absolute Gasteiger partial charge is 0.345 e. The Balaban J connectivity index is 1.57. The van der Waals surface area contributed by atoms with Gasteiger partial charge in [-0.1, -0.05) is 30.3 Å². The van der Waals surface area contributed by atoms with Crippen molar-refractivity contribution in [2.24, 2.45) is 0 Å². The molecule has 0 aliphatic carbocycles. The SMILES string of the molecule is COc1ccc(C2(O)OC(=O)C(C3=COCO3)=C2Cc2cc(OC)c(OC)c(OCc3ccccc3)c2)cc1. The minimum absolute atomic E-state index is 0.0474. The molecule has 202 valence electrons. The second-order valence-corrected chi connectivity index (χ2v) is 8.81. The van der Waals surface area contributed by atoms with Crippen LogP contribution in [0.25, 0.3) is 0 Å². The number of carbonyl (C=O) groups excluding carboxylic acids is 1. The first-order valence-electron chi connectivity index (χ1n) is 12.2. The molecular formula is C30H28O9. The van der Waals surface area contributed by atoms with Crippen molar-refractivity contribution >= 4 is 5.97 Å². The third kappa shape index (κ3) is 5.08. The average molecular weight is 533 g/mol. The fourth-order valence-electron chi connectivity index (χ4n) is 4.55. The molecule has 9 heteroatoms. The number of esters is 1. The van der Waals surface area contributed by atoms with E-state index >= 15 is 0 Å². The summed E-state index contributed by atoms with van der Waals surface area (Å²) >= 11 is 0. The minimum atomic E-state index is -2.07. The number of methoxy groups -OCH3 is 3. The van der Waals surface area contributed by atoms with Crippen LogP contribution >= 0.6 is 0 Å². The van der Waals surface area contributed by atoms with E-state index < -0.39 is 11.8 Å². The van der Waals surface area contributed by atoms with Crippen molar-refractivity contribution in [1.82, 2.24) is 0 Å². The molecule has 3 aromatic carbocycles. The molecule has 0 spiro atoms. The van der Waals surface area contributed by atoms with Gasteiger partial charge in [0, 0.05) is 17.6 Å². The first-order chi connectivity index (χ1) is 19.0. The van der Waals surface area contributed by atoms with E-state index in [1.54, 1.807) is 43.5 Å². The van der Waals surface area contributed by atoms with E-state index in [1.165, 1.54) is 20.5 Å². The average Bonchev–Trinajstić information content (AvgIpc) is 3.58. The van der Waals surface area contributed by atoms with Crippen LogP contribution in [0.15, 0.2) is 89.9 Å². The van der Waals surface area contributed by atoms with E-state index in [2.05, 4.69) is 0 Å². The molecule has 0 aromatic heterocycles. The Kier molecular flexibility index (Phi) is 7.33. The largest absolute Gasteiger partial charge is 0.497 e. The maximum absolute atomic E-state index is 13.1. The van der Waals surface area contributed by atoms with Gasteiger partial charge in [0.25, 0.3) is 5.79 Å². The van der Waals surface area contributed by atoms with E-state index in [0.29, 0.717) is 40.7 Å². The molecule has 0 bridgehead atoms. The standard InChI is InChI=1S/C30H28O9/c1-33-22-11-9-21(10-12-22)30(32)23(27(29(31)39-30)26-17-36-18-38-26)13-20-14-24(34-2)28(35-3)25(15-20)37-16-19-7-5-4-6-8-19/h4-12,14-15,17,32H,13,16,18H2,1-3H3. The number of hydrogen-bond donors (Lipinski definition) is 1. The zero-order valence-electron chi connectivity index (χ0n) is 21.8. The maximum Gasteiger partial charge on any atom is 0.345 e. The molecule has 5 rings (SSSR count). The van der Waals surface area contributed by atoms with E-state index in [1.807, 2.05) is 30.3 Å². The molecule has 3 aromatic rings. The summed E-state index contributed by atoms with van der Waals surface area (Å²) in [6.45, 7) is 0.251. The fraction of sp³-hybridized carbons (Fsp3) is 0.233. The van der Waals surface area contributed by atoms with Gasteiger partial charge in [-0.15, -0.1) is 0 Å². The molecule has 0 radical (unpaired) electrons. The molecule has 1 atom stereocenters. The van der Waals surface area contributed by atoms with Gasteiger partial charge < -0.3 is 38.3 Å². The van der Waals surface area contributed by atoms with E-state index in [9.17, 15) is 9.90 Å². The van der Waals surface area contributed by atoms with Gasteiger partial charge in [0.2, 0.25) is 12.5 Å². The van der Waals surface area contributed by atoms with Crippen LogP contribution in [-0.2, 0) is 37.8 Å². The number of aliphatic hydroxyl groups is 1. The Morgan fingerprint density at radius 3 is 2.28 bits per heavy atom. The Morgan fingerprint density at radius 1 is 0.897 bits per heavy atom.